The zero-order chi connectivity index (χ0) is 17.4. The molecule has 0 N–H and O–H groups in total. The molecule has 9 heteroatoms. The number of fused-ring (bicyclic) bond motifs is 1. The number of piperidine rings is 1. The smallest absolute Gasteiger partial charge is 0.308 e. The highest BCUT2D eigenvalue weighted by Gasteiger charge is 2.44. The van der Waals surface area contributed by atoms with Crippen LogP contribution in [-0.4, -0.2) is 57.0 Å². The van der Waals surface area contributed by atoms with Crippen molar-refractivity contribution in [2.24, 2.45) is 5.92 Å². The lowest BCUT2D eigenvalue weighted by Crippen LogP contribution is -2.44. The van der Waals surface area contributed by atoms with E-state index in [1.807, 2.05) is 11.4 Å². The van der Waals surface area contributed by atoms with Crippen molar-refractivity contribution < 1.29 is 14.3 Å². The van der Waals surface area contributed by atoms with Crippen LogP contribution >= 0.6 is 23.1 Å². The second-order valence-corrected chi connectivity index (χ2v) is 8.21. The third-order valence-corrected chi connectivity index (χ3v) is 6.93. The van der Waals surface area contributed by atoms with Gasteiger partial charge in [0, 0.05) is 4.88 Å². The maximum absolute atomic E-state index is 12.8. The van der Waals surface area contributed by atoms with E-state index in [-0.39, 0.29) is 29.1 Å². The van der Waals surface area contributed by atoms with Crippen molar-refractivity contribution in [2.45, 2.75) is 29.3 Å². The van der Waals surface area contributed by atoms with Crippen LogP contribution in [0.15, 0.2) is 29.0 Å². The quantitative estimate of drug-likeness (QED) is 0.754. The average molecular weight is 378 g/mol. The van der Waals surface area contributed by atoms with E-state index in [0.717, 1.165) is 30.8 Å². The summed E-state index contributed by atoms with van der Waals surface area (Å²) in [6.07, 6.45) is 2.92. The highest BCUT2D eigenvalue weighted by molar-refractivity contribution is 8.01. The Bertz CT molecular complexity index is 768. The molecule has 2 aliphatic rings. The summed E-state index contributed by atoms with van der Waals surface area (Å²) in [4.78, 5) is 32.2. The van der Waals surface area contributed by atoms with E-state index in [0.29, 0.717) is 5.16 Å². The molecule has 132 valence electrons. The van der Waals surface area contributed by atoms with E-state index in [1.165, 1.54) is 29.9 Å². The number of hydrogen-bond donors (Lipinski definition) is 0. The number of thioether (sulfide) groups is 1. The number of ether oxygens (including phenoxy) is 1. The van der Waals surface area contributed by atoms with Crippen LogP contribution in [0.2, 0.25) is 0 Å². The fourth-order valence-electron chi connectivity index (χ4n) is 3.51. The maximum atomic E-state index is 12.8. The summed E-state index contributed by atoms with van der Waals surface area (Å²) in [5, 5.41) is 6.47. The van der Waals surface area contributed by atoms with Gasteiger partial charge in [0.05, 0.1) is 19.1 Å². The first-order valence-electron chi connectivity index (χ1n) is 8.15. The molecule has 0 amide bonds. The predicted octanol–water partition coefficient (Wildman–Crippen LogP) is 2.08. The zero-order valence-corrected chi connectivity index (χ0v) is 15.3. The first kappa shape index (κ1) is 16.7. The molecule has 2 atom stereocenters. The molecule has 4 rings (SSSR count). The van der Waals surface area contributed by atoms with Crippen LogP contribution in [0.5, 0.6) is 0 Å². The molecular weight excluding hydrogens is 360 g/mol. The molecule has 0 bridgehead atoms. The minimum Gasteiger partial charge on any atom is -0.469 e. The summed E-state index contributed by atoms with van der Waals surface area (Å²) in [5.41, 5.74) is 0. The van der Waals surface area contributed by atoms with E-state index in [2.05, 4.69) is 21.0 Å². The Labute approximate surface area is 153 Å². The van der Waals surface area contributed by atoms with Crippen LogP contribution in [0.25, 0.3) is 0 Å². The van der Waals surface area contributed by atoms with Crippen LogP contribution in [-0.2, 0) is 9.53 Å². The highest BCUT2D eigenvalue weighted by Crippen LogP contribution is 2.43. The van der Waals surface area contributed by atoms with Gasteiger partial charge in [0.25, 0.3) is 5.91 Å². The van der Waals surface area contributed by atoms with Gasteiger partial charge in [0.2, 0.25) is 0 Å². The van der Waals surface area contributed by atoms with Crippen LogP contribution in [0.1, 0.15) is 28.6 Å². The normalized spacial score (nSPS) is 22.8. The number of likely N-dealkylation sites (tertiary alicyclic amines) is 1. The zero-order valence-electron chi connectivity index (χ0n) is 13.7. The van der Waals surface area contributed by atoms with Crippen molar-refractivity contribution in [2.75, 3.05) is 20.2 Å². The van der Waals surface area contributed by atoms with E-state index in [1.54, 1.807) is 11.3 Å². The van der Waals surface area contributed by atoms with Crippen molar-refractivity contribution in [1.82, 2.24) is 19.7 Å². The minimum atomic E-state index is -0.260. The number of hydrogen-bond acceptors (Lipinski definition) is 8. The van der Waals surface area contributed by atoms with Crippen LogP contribution < -0.4 is 0 Å². The van der Waals surface area contributed by atoms with Gasteiger partial charge in [0.15, 0.2) is 5.16 Å². The van der Waals surface area contributed by atoms with Crippen molar-refractivity contribution in [1.29, 1.82) is 0 Å². The maximum Gasteiger partial charge on any atom is 0.308 e. The molecule has 1 fully saturated rings. The summed E-state index contributed by atoms with van der Waals surface area (Å²) in [6.45, 7) is 1.53. The van der Waals surface area contributed by atoms with Gasteiger partial charge in [-0.1, -0.05) is 17.8 Å². The molecule has 0 aliphatic carbocycles. The SMILES string of the molecule is COC(=O)C1CCN(C(c2cccs2)C2Sc3ncnn3C2=O)CC1. The predicted molar refractivity (Wildman–Crippen MR) is 93.7 cm³/mol. The third kappa shape index (κ3) is 3.00. The standard InChI is InChI=1S/C16H18N4O3S2/c1-23-15(22)10-4-6-19(7-5-10)12(11-3-2-8-24-11)13-14(21)20-16(25-13)17-9-18-20/h2-3,8-10,12-13H,4-7H2,1H3. The number of nitrogens with zero attached hydrogens (tertiary/aromatic N) is 4. The van der Waals surface area contributed by atoms with Gasteiger partial charge in [-0.25, -0.2) is 4.98 Å². The van der Waals surface area contributed by atoms with Gasteiger partial charge in [-0.3, -0.25) is 14.5 Å². The highest BCUT2D eigenvalue weighted by atomic mass is 32.2. The van der Waals surface area contributed by atoms with E-state index in [4.69, 9.17) is 4.74 Å². The number of esters is 1. The minimum absolute atomic E-state index is 0.0222. The first-order valence-corrected chi connectivity index (χ1v) is 9.91. The molecule has 7 nitrogen and oxygen atoms in total. The lowest BCUT2D eigenvalue weighted by atomic mass is 9.95. The third-order valence-electron chi connectivity index (χ3n) is 4.78. The molecule has 2 unspecified atom stereocenters. The lowest BCUT2D eigenvalue weighted by molar-refractivity contribution is -0.147. The van der Waals surface area contributed by atoms with Gasteiger partial charge in [-0.05, 0) is 37.4 Å². The molecular formula is C16H18N4O3S2. The van der Waals surface area contributed by atoms with Crippen molar-refractivity contribution in [3.05, 3.63) is 28.7 Å². The Balaban J connectivity index is 1.56. The molecule has 0 spiro atoms. The van der Waals surface area contributed by atoms with Gasteiger partial charge in [-0.15, -0.1) is 11.3 Å². The van der Waals surface area contributed by atoms with Gasteiger partial charge < -0.3 is 4.74 Å². The Morgan fingerprint density at radius 3 is 2.84 bits per heavy atom. The second kappa shape index (κ2) is 6.89. The average Bonchev–Trinajstić information content (AvgIpc) is 3.36. The molecule has 25 heavy (non-hydrogen) atoms. The number of aromatic nitrogens is 3. The molecule has 2 aliphatic heterocycles. The summed E-state index contributed by atoms with van der Waals surface area (Å²) >= 11 is 3.13. The Kier molecular flexibility index (Phi) is 4.61. The van der Waals surface area contributed by atoms with Crippen molar-refractivity contribution in [3.8, 4) is 0 Å². The summed E-state index contributed by atoms with van der Waals surface area (Å²) in [5.74, 6) is -0.205. The fourth-order valence-corrected chi connectivity index (χ4v) is 5.71. The molecule has 1 saturated heterocycles. The summed E-state index contributed by atoms with van der Waals surface area (Å²) in [7, 11) is 1.44. The van der Waals surface area contributed by atoms with Gasteiger partial charge >= 0.3 is 5.97 Å². The summed E-state index contributed by atoms with van der Waals surface area (Å²) < 4.78 is 6.27. The van der Waals surface area contributed by atoms with Crippen molar-refractivity contribution in [3.63, 3.8) is 0 Å². The van der Waals surface area contributed by atoms with Crippen LogP contribution in [0.3, 0.4) is 0 Å². The van der Waals surface area contributed by atoms with Gasteiger partial charge in [0.1, 0.15) is 11.6 Å². The topological polar surface area (TPSA) is 77.3 Å². The molecule has 2 aromatic rings. The fraction of sp³-hybridized carbons (Fsp3) is 0.500. The van der Waals surface area contributed by atoms with Crippen LogP contribution in [0, 0.1) is 5.92 Å². The van der Waals surface area contributed by atoms with Gasteiger partial charge in [-0.2, -0.15) is 9.78 Å². The van der Waals surface area contributed by atoms with Crippen molar-refractivity contribution >= 4 is 35.0 Å². The number of carbonyl (C=O) groups is 2. The Morgan fingerprint density at radius 1 is 1.40 bits per heavy atom. The molecule has 4 heterocycles. The largest absolute Gasteiger partial charge is 0.469 e. The van der Waals surface area contributed by atoms with E-state index >= 15 is 0 Å². The number of thiophene rings is 1. The monoisotopic (exact) mass is 378 g/mol. The van der Waals surface area contributed by atoms with Crippen LogP contribution in [0.4, 0.5) is 0 Å². The summed E-state index contributed by atoms with van der Waals surface area (Å²) in [6, 6.07) is 4.05. The molecule has 0 radical (unpaired) electrons. The second-order valence-electron chi connectivity index (χ2n) is 6.12. The number of carbonyl (C=O) groups excluding carboxylic acids is 2. The number of methoxy groups -OCH3 is 1. The number of rotatable bonds is 4. The first-order chi connectivity index (χ1) is 12.2. The molecule has 0 aromatic carbocycles. The molecule has 2 aromatic heterocycles. The Morgan fingerprint density at radius 2 is 2.20 bits per heavy atom. The van der Waals surface area contributed by atoms with E-state index in [9.17, 15) is 9.59 Å². The molecule has 0 saturated carbocycles. The van der Waals surface area contributed by atoms with E-state index < -0.39 is 0 Å². The lowest BCUT2D eigenvalue weighted by Gasteiger charge is -2.38. The Hall–Kier alpha value is -1.71.